The molecule has 0 aliphatic carbocycles. The first-order valence-electron chi connectivity index (χ1n) is 14.5. The molecule has 7 atom stereocenters. The number of nitrogens with one attached hydrogen (secondary N) is 2. The smallest absolute Gasteiger partial charge is 0.433 e. The van der Waals surface area contributed by atoms with Gasteiger partial charge in [-0.2, -0.15) is 0 Å². The molecule has 0 saturated carbocycles. The highest BCUT2D eigenvalue weighted by Gasteiger charge is 2.42. The minimum absolute atomic E-state index is 0.0412. The van der Waals surface area contributed by atoms with Crippen LogP contribution in [0.5, 0.6) is 0 Å². The standard InChI is InChI=1S/C26H31N9O11S2/c1-14-9-34(24(38)31-22(14)36)19-8-16(32-33-27)17(46-19)11-44-26(40)42-5-7-48-47-6-4-41-25(39)43-10-15-2-3-18(45-15)35-13-30-20-21(35)28-12-29-23(20)37/h2-3,9,12-13,15-21H,4-8,10-11H2,1H3,(H,28,29,37)(H,31,36,38)/t15-,16-,17+,18+,19+,20?,21?/m0/s1. The van der Waals surface area contributed by atoms with Crippen LogP contribution in [0, 0.1) is 6.92 Å². The Morgan fingerprint density at radius 3 is 2.52 bits per heavy atom. The normalized spacial score (nSPS) is 26.9. The number of carbonyl (C=O) groups is 3. The zero-order chi connectivity index (χ0) is 34.0. The Morgan fingerprint density at radius 1 is 1.06 bits per heavy atom. The van der Waals surface area contributed by atoms with Crippen molar-refractivity contribution in [3.05, 3.63) is 55.2 Å². The van der Waals surface area contributed by atoms with E-state index in [1.54, 1.807) is 17.1 Å². The third-order valence-corrected chi connectivity index (χ3v) is 9.53. The number of carbonyl (C=O) groups excluding carboxylic acids is 3. The number of aromatic nitrogens is 2. The van der Waals surface area contributed by atoms with Gasteiger partial charge in [0.1, 0.15) is 44.9 Å². The molecule has 5 rings (SSSR count). The fraction of sp³-hybridized carbons (Fsp3) is 0.577. The topological polar surface area (TPSA) is 250 Å². The second-order valence-corrected chi connectivity index (χ2v) is 13.1. The van der Waals surface area contributed by atoms with E-state index in [2.05, 4.69) is 30.3 Å². The quantitative estimate of drug-likeness (QED) is 0.0520. The van der Waals surface area contributed by atoms with E-state index >= 15 is 0 Å². The summed E-state index contributed by atoms with van der Waals surface area (Å²) in [5.41, 5.74) is 8.00. The Labute approximate surface area is 279 Å². The van der Waals surface area contributed by atoms with E-state index < -0.39 is 66.5 Å². The van der Waals surface area contributed by atoms with Crippen LogP contribution in [-0.4, -0.2) is 120 Å². The maximum atomic E-state index is 12.2. The van der Waals surface area contributed by atoms with E-state index in [9.17, 15) is 24.0 Å². The first kappa shape index (κ1) is 34.8. The number of aliphatic imine (C=N–C) groups is 2. The molecule has 1 fully saturated rings. The Balaban J connectivity index is 0.888. The molecule has 48 heavy (non-hydrogen) atoms. The molecule has 2 unspecified atom stereocenters. The van der Waals surface area contributed by atoms with Crippen LogP contribution in [0.15, 0.2) is 43.0 Å². The SMILES string of the molecule is Cc1cn([C@H]2C[C@H](N=[N+]=[N-])[C@@H](COC(=O)OCCSSCCOC(=O)OC[C@@H]3C=C[C@H](N4C=NC5C(=O)NC=NC54)O3)O2)c(=O)[nH]c1=O. The second kappa shape index (κ2) is 16.6. The minimum Gasteiger partial charge on any atom is -0.433 e. The van der Waals surface area contributed by atoms with Gasteiger partial charge in [-0.1, -0.05) is 32.8 Å². The molecule has 0 aromatic carbocycles. The number of amides is 1. The summed E-state index contributed by atoms with van der Waals surface area (Å²) in [6.45, 7) is 1.33. The van der Waals surface area contributed by atoms with Crippen molar-refractivity contribution in [1.82, 2.24) is 19.8 Å². The lowest BCUT2D eigenvalue weighted by Crippen LogP contribution is -2.50. The van der Waals surface area contributed by atoms with E-state index in [1.165, 1.54) is 52.0 Å². The number of rotatable bonds is 14. The zero-order valence-electron chi connectivity index (χ0n) is 25.3. The van der Waals surface area contributed by atoms with Gasteiger partial charge >= 0.3 is 18.0 Å². The molecule has 1 aromatic rings. The van der Waals surface area contributed by atoms with Crippen molar-refractivity contribution in [3.63, 3.8) is 0 Å². The molecular weight excluding hydrogens is 678 g/mol. The minimum atomic E-state index is -0.949. The summed E-state index contributed by atoms with van der Waals surface area (Å²) in [5.74, 6) is 0.638. The molecule has 1 aromatic heterocycles. The number of ether oxygens (including phenoxy) is 6. The zero-order valence-corrected chi connectivity index (χ0v) is 26.9. The predicted molar refractivity (Wildman–Crippen MR) is 169 cm³/mol. The summed E-state index contributed by atoms with van der Waals surface area (Å²) < 4.78 is 33.2. The van der Waals surface area contributed by atoms with Gasteiger partial charge in [0.15, 0.2) is 18.4 Å². The fourth-order valence-electron chi connectivity index (χ4n) is 4.89. The van der Waals surface area contributed by atoms with Gasteiger partial charge in [-0.25, -0.2) is 19.4 Å². The Kier molecular flexibility index (Phi) is 12.0. The number of aryl methyl sites for hydroxylation is 1. The van der Waals surface area contributed by atoms with E-state index in [0.29, 0.717) is 17.1 Å². The van der Waals surface area contributed by atoms with E-state index in [0.717, 1.165) is 0 Å². The molecule has 22 heteroatoms. The van der Waals surface area contributed by atoms with Crippen LogP contribution in [0.2, 0.25) is 0 Å². The first-order chi connectivity index (χ1) is 23.2. The number of nitrogens with zero attached hydrogens (tertiary/aromatic N) is 7. The lowest BCUT2D eigenvalue weighted by Gasteiger charge is -2.30. The number of fused-ring (bicyclic) bond motifs is 1. The molecule has 0 radical (unpaired) electrons. The lowest BCUT2D eigenvalue weighted by atomic mass is 10.1. The summed E-state index contributed by atoms with van der Waals surface area (Å²) in [7, 11) is 2.78. The van der Waals surface area contributed by atoms with Crippen LogP contribution in [0.25, 0.3) is 10.4 Å². The van der Waals surface area contributed by atoms with Gasteiger partial charge < -0.3 is 38.6 Å². The average Bonchev–Trinajstić information content (AvgIpc) is 3.81. The lowest BCUT2D eigenvalue weighted by molar-refractivity contribution is -0.122. The van der Waals surface area contributed by atoms with Crippen LogP contribution in [0.3, 0.4) is 0 Å². The molecular formula is C26H31N9O11S2. The van der Waals surface area contributed by atoms with Crippen molar-refractivity contribution in [1.29, 1.82) is 0 Å². The van der Waals surface area contributed by atoms with Crippen LogP contribution in [-0.2, 0) is 33.2 Å². The van der Waals surface area contributed by atoms with Gasteiger partial charge in [0.05, 0.1) is 18.7 Å². The summed E-state index contributed by atoms with van der Waals surface area (Å²) in [4.78, 5) is 74.8. The molecule has 4 aliphatic heterocycles. The maximum absolute atomic E-state index is 12.2. The van der Waals surface area contributed by atoms with Gasteiger partial charge in [-0.3, -0.25) is 24.1 Å². The van der Waals surface area contributed by atoms with Gasteiger partial charge in [0.25, 0.3) is 11.5 Å². The predicted octanol–water partition coefficient (Wildman–Crippen LogP) is 0.977. The van der Waals surface area contributed by atoms with Crippen molar-refractivity contribution in [3.8, 4) is 0 Å². The van der Waals surface area contributed by atoms with Crippen molar-refractivity contribution >= 4 is 52.5 Å². The summed E-state index contributed by atoms with van der Waals surface area (Å²) in [6, 6.07) is -1.35. The number of H-pyrrole nitrogens is 1. The van der Waals surface area contributed by atoms with E-state index in [4.69, 9.17) is 34.0 Å². The van der Waals surface area contributed by atoms with Gasteiger partial charge in [-0.15, -0.1) is 0 Å². The Morgan fingerprint density at radius 2 is 1.79 bits per heavy atom. The number of hydrogen-bond donors (Lipinski definition) is 2. The van der Waals surface area contributed by atoms with Gasteiger partial charge in [-0.05, 0) is 18.5 Å². The molecule has 4 aliphatic rings. The molecule has 258 valence electrons. The molecule has 2 N–H and O–H groups in total. The van der Waals surface area contributed by atoms with Crippen molar-refractivity contribution < 1.29 is 42.8 Å². The van der Waals surface area contributed by atoms with E-state index in [1.807, 2.05) is 0 Å². The molecule has 0 bridgehead atoms. The summed E-state index contributed by atoms with van der Waals surface area (Å²) in [5, 5.41) is 6.19. The molecule has 1 saturated heterocycles. The largest absolute Gasteiger partial charge is 0.508 e. The van der Waals surface area contributed by atoms with E-state index in [-0.39, 0.29) is 38.8 Å². The first-order valence-corrected chi connectivity index (χ1v) is 17.0. The third kappa shape index (κ3) is 8.89. The number of aromatic amines is 1. The Bertz CT molecular complexity index is 1610. The van der Waals surface area contributed by atoms with Crippen molar-refractivity contribution in [2.75, 3.05) is 37.9 Å². The van der Waals surface area contributed by atoms with Crippen molar-refractivity contribution in [2.45, 2.75) is 56.3 Å². The molecule has 1 amide bonds. The summed E-state index contributed by atoms with van der Waals surface area (Å²) >= 11 is 0. The van der Waals surface area contributed by atoms with Crippen LogP contribution >= 0.6 is 21.6 Å². The highest BCUT2D eigenvalue weighted by atomic mass is 33.1. The van der Waals surface area contributed by atoms with Crippen LogP contribution in [0.4, 0.5) is 9.59 Å². The Hall–Kier alpha value is -4.50. The third-order valence-electron chi connectivity index (χ3n) is 7.20. The second-order valence-electron chi connectivity index (χ2n) is 10.4. The van der Waals surface area contributed by atoms with Gasteiger partial charge in [0.2, 0.25) is 0 Å². The molecule has 0 spiro atoms. The molecule has 5 heterocycles. The highest BCUT2D eigenvalue weighted by Crippen LogP contribution is 2.30. The highest BCUT2D eigenvalue weighted by molar-refractivity contribution is 8.76. The average molecular weight is 710 g/mol. The monoisotopic (exact) mass is 709 g/mol. The fourth-order valence-corrected chi connectivity index (χ4v) is 6.55. The van der Waals surface area contributed by atoms with Crippen LogP contribution < -0.4 is 16.6 Å². The summed E-state index contributed by atoms with van der Waals surface area (Å²) in [6.07, 6.45) is 2.91. The van der Waals surface area contributed by atoms with Crippen LogP contribution in [0.1, 0.15) is 18.2 Å². The number of hydrogen-bond acceptors (Lipinski definition) is 17. The maximum Gasteiger partial charge on any atom is 0.508 e. The van der Waals surface area contributed by atoms with Gasteiger partial charge in [0, 0.05) is 34.6 Å². The van der Waals surface area contributed by atoms with Crippen molar-refractivity contribution in [2.24, 2.45) is 15.1 Å². The molecule has 20 nitrogen and oxygen atoms in total. The number of azide groups is 1.